The van der Waals surface area contributed by atoms with Gasteiger partial charge in [0.2, 0.25) is 12.0 Å². The largest absolute Gasteiger partial charge is 0.497 e. The van der Waals surface area contributed by atoms with Crippen LogP contribution in [0.15, 0.2) is 84.7 Å². The third-order valence-corrected chi connectivity index (χ3v) is 6.40. The molecule has 0 bridgehead atoms. The minimum absolute atomic E-state index is 0.0202. The number of carbonyl (C=O) groups is 2. The topological polar surface area (TPSA) is 55.8 Å². The molecule has 5 rings (SSSR count). The zero-order valence-corrected chi connectivity index (χ0v) is 17.4. The molecule has 0 N–H and O–H groups in total. The van der Waals surface area contributed by atoms with Crippen molar-refractivity contribution in [3.8, 4) is 5.75 Å². The van der Waals surface area contributed by atoms with Gasteiger partial charge in [0.05, 0.1) is 13.2 Å². The number of methoxy groups -OCH3 is 1. The van der Waals surface area contributed by atoms with Gasteiger partial charge >= 0.3 is 0 Å². The van der Waals surface area contributed by atoms with Crippen molar-refractivity contribution in [2.24, 2.45) is 5.41 Å². The smallest absolute Gasteiger partial charge is 0.218 e. The first-order valence-electron chi connectivity index (χ1n) is 10.3. The molecule has 1 saturated heterocycles. The van der Waals surface area contributed by atoms with Crippen molar-refractivity contribution in [3.63, 3.8) is 0 Å². The van der Waals surface area contributed by atoms with E-state index < -0.39 is 11.6 Å². The van der Waals surface area contributed by atoms with Gasteiger partial charge < -0.3 is 9.47 Å². The van der Waals surface area contributed by atoms with Crippen LogP contribution in [0.1, 0.15) is 22.3 Å². The molecule has 2 aromatic carbocycles. The predicted molar refractivity (Wildman–Crippen MR) is 117 cm³/mol. The second kappa shape index (κ2) is 7.36. The highest BCUT2D eigenvalue weighted by Gasteiger charge is 2.53. The van der Waals surface area contributed by atoms with E-state index in [4.69, 9.17) is 9.47 Å². The Hall–Kier alpha value is -3.44. The molecule has 156 valence electrons. The Morgan fingerprint density at radius 3 is 2.39 bits per heavy atom. The summed E-state index contributed by atoms with van der Waals surface area (Å²) in [5, 5.41) is 0. The molecule has 0 aromatic heterocycles. The molecule has 1 aliphatic heterocycles. The Morgan fingerprint density at radius 1 is 1.06 bits per heavy atom. The summed E-state index contributed by atoms with van der Waals surface area (Å²) < 4.78 is 11.7. The van der Waals surface area contributed by atoms with Crippen LogP contribution in [0.2, 0.25) is 0 Å². The Labute approximate surface area is 181 Å². The van der Waals surface area contributed by atoms with Gasteiger partial charge in [-0.1, -0.05) is 54.6 Å². The van der Waals surface area contributed by atoms with Gasteiger partial charge in [0, 0.05) is 16.6 Å². The minimum atomic E-state index is -0.675. The lowest BCUT2D eigenvalue weighted by atomic mass is 9.75. The fourth-order valence-electron chi connectivity index (χ4n) is 4.77. The van der Waals surface area contributed by atoms with Gasteiger partial charge in [-0.05, 0) is 43.3 Å². The molecule has 0 amide bonds. The Bertz CT molecular complexity index is 1110. The van der Waals surface area contributed by atoms with Crippen molar-refractivity contribution in [1.82, 2.24) is 4.90 Å². The van der Waals surface area contributed by atoms with Gasteiger partial charge in [0.15, 0.2) is 5.78 Å². The van der Waals surface area contributed by atoms with Crippen molar-refractivity contribution in [3.05, 3.63) is 95.8 Å². The van der Waals surface area contributed by atoms with Crippen LogP contribution < -0.4 is 4.74 Å². The lowest BCUT2D eigenvalue weighted by Crippen LogP contribution is -2.39. The van der Waals surface area contributed by atoms with Crippen LogP contribution in [0.3, 0.4) is 0 Å². The predicted octanol–water partition coefficient (Wildman–Crippen LogP) is 4.03. The number of allylic oxidation sites excluding steroid dienone is 5. The highest BCUT2D eigenvalue weighted by Crippen LogP contribution is 2.55. The number of fused-ring (bicyclic) bond motifs is 1. The Kier molecular flexibility index (Phi) is 4.63. The number of ether oxygens (including phenoxy) is 2. The zero-order chi connectivity index (χ0) is 21.6. The number of rotatable bonds is 4. The SMILES string of the molecule is COc1ccc(C2=C3OC(C(=O)c4ccccc4)N(C)C3CC23C=CC(=O)C=C3)cc1. The molecule has 5 heteroatoms. The number of benzene rings is 2. The summed E-state index contributed by atoms with van der Waals surface area (Å²) in [5.74, 6) is 1.49. The summed E-state index contributed by atoms with van der Waals surface area (Å²) in [4.78, 5) is 27.0. The molecule has 2 aliphatic carbocycles. The molecule has 1 spiro atoms. The number of hydrogen-bond donors (Lipinski definition) is 0. The molecule has 31 heavy (non-hydrogen) atoms. The van der Waals surface area contributed by atoms with Crippen molar-refractivity contribution >= 4 is 17.1 Å². The molecular weight excluding hydrogens is 390 g/mol. The van der Waals surface area contributed by atoms with Gasteiger partial charge in [-0.15, -0.1) is 0 Å². The fourth-order valence-corrected chi connectivity index (χ4v) is 4.77. The van der Waals surface area contributed by atoms with Gasteiger partial charge in [0.1, 0.15) is 11.5 Å². The highest BCUT2D eigenvalue weighted by atomic mass is 16.5. The highest BCUT2D eigenvalue weighted by molar-refractivity contribution is 6.02. The third-order valence-electron chi connectivity index (χ3n) is 6.40. The first kappa shape index (κ1) is 19.5. The monoisotopic (exact) mass is 413 g/mol. The van der Waals surface area contributed by atoms with Crippen LogP contribution in [0, 0.1) is 5.41 Å². The molecule has 0 radical (unpaired) electrons. The second-order valence-electron chi connectivity index (χ2n) is 8.16. The minimum Gasteiger partial charge on any atom is -0.497 e. The zero-order valence-electron chi connectivity index (χ0n) is 17.4. The summed E-state index contributed by atoms with van der Waals surface area (Å²) in [5.41, 5.74) is 2.17. The summed E-state index contributed by atoms with van der Waals surface area (Å²) >= 11 is 0. The molecule has 5 nitrogen and oxygen atoms in total. The van der Waals surface area contributed by atoms with Gasteiger partial charge in [-0.2, -0.15) is 0 Å². The third kappa shape index (κ3) is 3.13. The van der Waals surface area contributed by atoms with Gasteiger partial charge in [-0.3, -0.25) is 14.5 Å². The number of likely N-dealkylation sites (N-methyl/N-ethyl adjacent to an activating group) is 1. The first-order chi connectivity index (χ1) is 15.0. The van der Waals surface area contributed by atoms with E-state index in [2.05, 4.69) is 0 Å². The molecule has 3 aliphatic rings. The maximum absolute atomic E-state index is 13.1. The van der Waals surface area contributed by atoms with Crippen LogP contribution >= 0.6 is 0 Å². The van der Waals surface area contributed by atoms with Crippen molar-refractivity contribution < 1.29 is 19.1 Å². The number of nitrogens with zero attached hydrogens (tertiary/aromatic N) is 1. The van der Waals surface area contributed by atoms with Crippen LogP contribution in [-0.2, 0) is 9.53 Å². The summed E-state index contributed by atoms with van der Waals surface area (Å²) in [7, 11) is 3.56. The molecule has 2 aromatic rings. The van der Waals surface area contributed by atoms with Crippen LogP contribution in [-0.4, -0.2) is 42.9 Å². The van der Waals surface area contributed by atoms with E-state index >= 15 is 0 Å². The van der Waals surface area contributed by atoms with Crippen molar-refractivity contribution in [2.45, 2.75) is 18.7 Å². The maximum atomic E-state index is 13.1. The van der Waals surface area contributed by atoms with Crippen molar-refractivity contribution in [1.29, 1.82) is 0 Å². The molecule has 2 unspecified atom stereocenters. The fraction of sp³-hybridized carbons (Fsp3) is 0.231. The van der Waals surface area contributed by atoms with Gasteiger partial charge in [-0.25, -0.2) is 0 Å². The lowest BCUT2D eigenvalue weighted by Gasteiger charge is -2.31. The van der Waals surface area contributed by atoms with Crippen LogP contribution in [0.5, 0.6) is 5.75 Å². The van der Waals surface area contributed by atoms with Crippen LogP contribution in [0.25, 0.3) is 5.57 Å². The van der Waals surface area contributed by atoms with E-state index in [1.54, 1.807) is 19.3 Å². The molecular formula is C26H23NO4. The number of Topliss-reactive ketones (excluding diaryl/α,β-unsaturated/α-hetero) is 1. The van der Waals surface area contributed by atoms with E-state index in [1.165, 1.54) is 0 Å². The summed E-state index contributed by atoms with van der Waals surface area (Å²) in [6, 6.07) is 17.0. The number of carbonyl (C=O) groups excluding carboxylic acids is 2. The molecule has 1 fully saturated rings. The van der Waals surface area contributed by atoms with E-state index in [9.17, 15) is 9.59 Å². The standard InChI is InChI=1S/C26H23NO4/c1-27-21-16-26(14-12-19(28)13-15-26)22(17-8-10-20(30-2)11-9-17)24(21)31-25(27)23(29)18-6-4-3-5-7-18/h3-15,21,25H,16H2,1-2H3. The van der Waals surface area contributed by atoms with Crippen LogP contribution in [0.4, 0.5) is 0 Å². The van der Waals surface area contributed by atoms with Crippen molar-refractivity contribution in [2.75, 3.05) is 14.2 Å². The first-order valence-corrected chi connectivity index (χ1v) is 10.3. The Morgan fingerprint density at radius 2 is 1.74 bits per heavy atom. The quantitative estimate of drug-likeness (QED) is 0.709. The number of ketones is 2. The molecule has 0 saturated carbocycles. The van der Waals surface area contributed by atoms with E-state index in [-0.39, 0.29) is 17.6 Å². The van der Waals surface area contributed by atoms with E-state index in [0.717, 1.165) is 22.6 Å². The molecule has 2 atom stereocenters. The summed E-state index contributed by atoms with van der Waals surface area (Å²) in [6.45, 7) is 0. The van der Waals surface area contributed by atoms with E-state index in [0.29, 0.717) is 12.0 Å². The van der Waals surface area contributed by atoms with E-state index in [1.807, 2.05) is 78.7 Å². The molecule has 1 heterocycles. The second-order valence-corrected chi connectivity index (χ2v) is 8.16. The maximum Gasteiger partial charge on any atom is 0.218 e. The normalized spacial score (nSPS) is 23.9. The number of hydrogen-bond acceptors (Lipinski definition) is 5. The lowest BCUT2D eigenvalue weighted by molar-refractivity contribution is -0.110. The Balaban J connectivity index is 1.59. The summed E-state index contributed by atoms with van der Waals surface area (Å²) in [6.07, 6.45) is 7.21. The average molecular weight is 413 g/mol. The van der Waals surface area contributed by atoms with Gasteiger partial charge in [0.25, 0.3) is 0 Å². The average Bonchev–Trinajstić information content (AvgIpc) is 3.29.